The van der Waals surface area contributed by atoms with Crippen molar-refractivity contribution in [1.82, 2.24) is 39.3 Å². The molecule has 2 fully saturated rings. The van der Waals surface area contributed by atoms with Gasteiger partial charge in [0, 0.05) is 63.2 Å². The minimum atomic E-state index is -0.550. The summed E-state index contributed by atoms with van der Waals surface area (Å²) in [7, 11) is 7.19. The first kappa shape index (κ1) is 43.4. The average molecular weight is 773 g/mol. The number of aliphatic imine (C=N–C) groups is 1. The summed E-state index contributed by atoms with van der Waals surface area (Å²) in [6, 6.07) is 7.87. The molecule has 15 heteroatoms. The minimum absolute atomic E-state index is 0.167. The van der Waals surface area contributed by atoms with Crippen molar-refractivity contribution in [2.24, 2.45) is 17.8 Å². The second-order valence-corrected chi connectivity index (χ2v) is 14.2. The third-order valence-electron chi connectivity index (χ3n) is 10.0. The monoisotopic (exact) mass is 772 g/mol. The van der Waals surface area contributed by atoms with Gasteiger partial charge in [-0.05, 0) is 76.4 Å². The van der Waals surface area contributed by atoms with Crippen LogP contribution in [0.2, 0.25) is 0 Å². The molecular weight excluding hydrogens is 716 g/mol. The lowest BCUT2D eigenvalue weighted by Gasteiger charge is -2.33. The van der Waals surface area contributed by atoms with Crippen LogP contribution in [0.3, 0.4) is 0 Å². The number of aryl methyl sites for hydroxylation is 2. The normalized spacial score (nSPS) is 17.4. The molecule has 14 nitrogen and oxygen atoms in total. The zero-order valence-corrected chi connectivity index (χ0v) is 33.1. The third-order valence-corrected chi connectivity index (χ3v) is 10.0. The molecule has 2 aliphatic rings. The number of hydrogen-bond acceptors (Lipinski definition) is 10. The van der Waals surface area contributed by atoms with Crippen molar-refractivity contribution in [3.63, 3.8) is 0 Å². The van der Waals surface area contributed by atoms with Crippen molar-refractivity contribution in [2.75, 3.05) is 34.2 Å². The summed E-state index contributed by atoms with van der Waals surface area (Å²) in [4.78, 5) is 57.4. The highest BCUT2D eigenvalue weighted by atomic mass is 19.1. The first-order chi connectivity index (χ1) is 27.1. The van der Waals surface area contributed by atoms with Crippen LogP contribution in [0.5, 0.6) is 0 Å². The fraction of sp³-hybridized carbons (Fsp3) is 0.488. The quantitative estimate of drug-likeness (QED) is 0.0580. The molecule has 1 saturated heterocycles. The lowest BCUT2D eigenvalue weighted by molar-refractivity contribution is -0.124. The number of halogens is 1. The molecule has 1 amide bonds. The number of unbranched alkanes of at least 4 members (excludes halogenated alkanes) is 5. The predicted octanol–water partition coefficient (Wildman–Crippen LogP) is 4.22. The van der Waals surface area contributed by atoms with Crippen molar-refractivity contribution in [3.05, 3.63) is 82.8 Å². The number of benzene rings is 1. The molecule has 302 valence electrons. The smallest absolute Gasteiger partial charge is 0.329 e. The number of aldehydes is 2. The lowest BCUT2D eigenvalue weighted by Crippen LogP contribution is -2.46. The van der Waals surface area contributed by atoms with Gasteiger partial charge in [0.1, 0.15) is 24.2 Å². The molecule has 1 aliphatic carbocycles. The molecule has 4 aromatic rings. The number of likely N-dealkylation sites (N-methyl/N-ethyl adjacent to an activating group) is 2. The molecule has 1 saturated carbocycles. The van der Waals surface area contributed by atoms with Crippen LogP contribution in [0.1, 0.15) is 85.4 Å². The van der Waals surface area contributed by atoms with Crippen molar-refractivity contribution < 1.29 is 18.8 Å². The summed E-state index contributed by atoms with van der Waals surface area (Å²) in [6.07, 6.45) is 18.3. The highest BCUT2D eigenvalue weighted by Gasteiger charge is 2.35. The lowest BCUT2D eigenvalue weighted by atomic mass is 10.0. The number of nitrogens with one attached hydrogen (secondary N) is 2. The summed E-state index contributed by atoms with van der Waals surface area (Å²) in [5.74, 6) is -0.167. The molecule has 3 aromatic heterocycles. The Morgan fingerprint density at radius 1 is 1.07 bits per heavy atom. The van der Waals surface area contributed by atoms with Crippen molar-refractivity contribution in [2.45, 2.75) is 88.5 Å². The summed E-state index contributed by atoms with van der Waals surface area (Å²) in [6.45, 7) is 5.66. The molecule has 56 heavy (non-hydrogen) atoms. The number of rotatable bonds is 18. The van der Waals surface area contributed by atoms with E-state index in [1.807, 2.05) is 12.1 Å². The van der Waals surface area contributed by atoms with E-state index in [2.05, 4.69) is 56.4 Å². The number of nitrogens with zero attached hydrogens (tertiary/aromatic N) is 7. The summed E-state index contributed by atoms with van der Waals surface area (Å²) in [5, 5.41) is 9.70. The van der Waals surface area contributed by atoms with Crippen LogP contribution >= 0.6 is 0 Å². The van der Waals surface area contributed by atoms with Gasteiger partial charge in [0.25, 0.3) is 0 Å². The Labute approximate surface area is 327 Å². The van der Waals surface area contributed by atoms with E-state index in [-0.39, 0.29) is 17.6 Å². The fourth-order valence-electron chi connectivity index (χ4n) is 6.53. The Morgan fingerprint density at radius 3 is 2.41 bits per heavy atom. The molecule has 0 radical (unpaired) electrons. The third kappa shape index (κ3) is 11.6. The summed E-state index contributed by atoms with van der Waals surface area (Å²) >= 11 is 0. The first-order valence-electron chi connectivity index (χ1n) is 19.3. The molecule has 1 aliphatic heterocycles. The van der Waals surface area contributed by atoms with Crippen LogP contribution in [0.4, 0.5) is 4.39 Å². The zero-order valence-electron chi connectivity index (χ0n) is 33.1. The minimum Gasteiger partial charge on any atom is -0.404 e. The number of allylic oxidation sites excluding steroid dienone is 2. The molecule has 1 unspecified atom stereocenters. The summed E-state index contributed by atoms with van der Waals surface area (Å²) < 4.78 is 16.4. The Bertz CT molecular complexity index is 2040. The van der Waals surface area contributed by atoms with Gasteiger partial charge >= 0.3 is 5.69 Å². The van der Waals surface area contributed by atoms with E-state index < -0.39 is 12.2 Å². The number of carbonyl (C=O) groups excluding carboxylic acids is 3. The maximum atomic E-state index is 12.9. The van der Waals surface area contributed by atoms with E-state index in [4.69, 9.17) is 5.73 Å². The largest absolute Gasteiger partial charge is 0.404 e. The maximum absolute atomic E-state index is 12.9. The molecule has 6 rings (SSSR count). The average Bonchev–Trinajstić information content (AvgIpc) is 3.69. The molecule has 0 spiro atoms. The van der Waals surface area contributed by atoms with Gasteiger partial charge in [-0.25, -0.2) is 18.7 Å². The van der Waals surface area contributed by atoms with E-state index in [0.717, 1.165) is 92.8 Å². The number of alkyl halides is 1. The number of imidazole rings is 2. The molecule has 0 bridgehead atoms. The van der Waals surface area contributed by atoms with Gasteiger partial charge in [-0.3, -0.25) is 23.7 Å². The van der Waals surface area contributed by atoms with Crippen LogP contribution in [0.15, 0.2) is 65.3 Å². The van der Waals surface area contributed by atoms with Crippen LogP contribution in [-0.2, 0) is 23.1 Å². The number of likely N-dealkylation sites (tertiary alicyclic amines) is 1. The molecule has 4 N–H and O–H groups in total. The second kappa shape index (κ2) is 21.7. The van der Waals surface area contributed by atoms with E-state index >= 15 is 0 Å². The van der Waals surface area contributed by atoms with Crippen molar-refractivity contribution in [1.29, 1.82) is 0 Å². The van der Waals surface area contributed by atoms with Gasteiger partial charge in [-0.2, -0.15) is 5.10 Å². The molecular formula is C41H57FN10O4. The Morgan fingerprint density at radius 2 is 1.80 bits per heavy atom. The number of amides is 1. The van der Waals surface area contributed by atoms with Crippen LogP contribution < -0.4 is 22.1 Å². The topological polar surface area (TPSA) is 174 Å². The number of hydrogen-bond donors (Lipinski definition) is 3. The molecule has 4 heterocycles. The van der Waals surface area contributed by atoms with E-state index in [1.165, 1.54) is 22.5 Å². The van der Waals surface area contributed by atoms with Gasteiger partial charge in [-0.1, -0.05) is 31.4 Å². The van der Waals surface area contributed by atoms with Gasteiger partial charge in [0.2, 0.25) is 5.91 Å². The van der Waals surface area contributed by atoms with Gasteiger partial charge in [0.15, 0.2) is 11.9 Å². The number of aromatic nitrogens is 5. The SMILES string of the molecule is C=CCCC(C(=O)NC)n1c(=O)n(C)c2cc(CCCCCCCC=O)ccc21.CN1CC(N=C/C(=C\N)c2cnn3c(C=O)cnc3c2)C1.CN[C@@H]1C[C@@H]1F. The Hall–Kier alpha value is -5.28. The van der Waals surface area contributed by atoms with E-state index in [9.17, 15) is 23.6 Å². The Balaban J connectivity index is 0.000000223. The maximum Gasteiger partial charge on any atom is 0.329 e. The van der Waals surface area contributed by atoms with Crippen LogP contribution in [0, 0.1) is 0 Å². The van der Waals surface area contributed by atoms with Gasteiger partial charge in [-0.15, -0.1) is 6.58 Å². The van der Waals surface area contributed by atoms with Crippen molar-refractivity contribution in [3.8, 4) is 0 Å². The van der Waals surface area contributed by atoms with Crippen molar-refractivity contribution >= 4 is 46.9 Å². The van der Waals surface area contributed by atoms with E-state index in [1.54, 1.807) is 48.8 Å². The van der Waals surface area contributed by atoms with E-state index in [0.29, 0.717) is 36.6 Å². The van der Waals surface area contributed by atoms with Crippen LogP contribution in [0.25, 0.3) is 22.3 Å². The molecule has 1 aromatic carbocycles. The summed E-state index contributed by atoms with van der Waals surface area (Å²) in [5.41, 5.74) is 11.0. The first-order valence-corrected chi connectivity index (χ1v) is 19.3. The zero-order chi connectivity index (χ0) is 40.6. The standard InChI is InChI=1S/C23H33N3O3.C14H16N6O.C4H8FN/c1-4-5-13-20(22(28)24-2)26-19-15-14-18(17-21(19)25(3)23(26)29)12-10-8-6-7-9-11-16-27;1-19-7-12(8-19)16-4-11(3-15)10-2-14-17-6-13(9-21)20(14)18-5-10;1-6-4-2-3(4)5/h4,14-17,20H,1,5-13H2,2-3H3,(H,24,28);2-6,9,12H,7-8,15H2,1H3;3-4,6H,2H2,1H3/b;11-3+,16-4?;/t;;3-,4+/m..0/s1. The number of fused-ring (bicyclic) bond motifs is 2. The van der Waals surface area contributed by atoms with Gasteiger partial charge < -0.3 is 26.1 Å². The number of nitrogens with two attached hydrogens (primary N) is 1. The number of carbonyl (C=O) groups is 3. The predicted molar refractivity (Wildman–Crippen MR) is 220 cm³/mol. The highest BCUT2D eigenvalue weighted by molar-refractivity contribution is 6.09. The second-order valence-electron chi connectivity index (χ2n) is 14.2. The molecule has 3 atom stereocenters. The fourth-order valence-corrected chi connectivity index (χ4v) is 6.53. The highest BCUT2D eigenvalue weighted by Crippen LogP contribution is 2.24. The van der Waals surface area contributed by atoms with Gasteiger partial charge in [0.05, 0.1) is 29.5 Å². The Kier molecular flexibility index (Phi) is 16.8. The van der Waals surface area contributed by atoms with Crippen LogP contribution in [-0.4, -0.2) is 106 Å².